The predicted molar refractivity (Wildman–Crippen MR) is 87.1 cm³/mol. The van der Waals surface area contributed by atoms with Gasteiger partial charge in [-0.2, -0.15) is 0 Å². The normalized spacial score (nSPS) is 28.7. The zero-order chi connectivity index (χ0) is 14.3. The fourth-order valence-corrected chi connectivity index (χ4v) is 4.47. The van der Waals surface area contributed by atoms with Crippen molar-refractivity contribution in [3.05, 3.63) is 31.9 Å². The molecule has 3 unspecified atom stereocenters. The van der Waals surface area contributed by atoms with Crippen LogP contribution >= 0.6 is 22.6 Å². The van der Waals surface area contributed by atoms with Gasteiger partial charge in [-0.15, -0.1) is 0 Å². The van der Waals surface area contributed by atoms with Gasteiger partial charge in [0.1, 0.15) is 0 Å². The van der Waals surface area contributed by atoms with Crippen molar-refractivity contribution < 1.29 is 4.92 Å². The van der Waals surface area contributed by atoms with Crippen LogP contribution < -0.4 is 10.2 Å². The fourth-order valence-electron chi connectivity index (χ4n) is 3.67. The van der Waals surface area contributed by atoms with E-state index in [1.165, 1.54) is 0 Å². The molecule has 0 bridgehead atoms. The minimum Gasteiger partial charge on any atom is -0.367 e. The van der Waals surface area contributed by atoms with Crippen LogP contribution in [0.1, 0.15) is 13.3 Å². The van der Waals surface area contributed by atoms with Crippen LogP contribution in [0.5, 0.6) is 0 Å². The lowest BCUT2D eigenvalue weighted by Gasteiger charge is -2.29. The maximum absolute atomic E-state index is 10.8. The molecule has 3 atom stereocenters. The quantitative estimate of drug-likeness (QED) is 0.492. The molecule has 0 aromatic heterocycles. The molecule has 2 saturated heterocycles. The molecular formula is C14H18IN3O2. The Morgan fingerprint density at radius 3 is 2.95 bits per heavy atom. The number of anilines is 1. The third kappa shape index (κ3) is 2.28. The lowest BCUT2D eigenvalue weighted by atomic mass is 9.93. The van der Waals surface area contributed by atoms with E-state index in [0.29, 0.717) is 17.9 Å². The third-order valence-corrected chi connectivity index (χ3v) is 5.45. The molecule has 0 radical (unpaired) electrons. The van der Waals surface area contributed by atoms with E-state index in [-0.39, 0.29) is 10.6 Å². The molecule has 0 saturated carbocycles. The smallest absolute Gasteiger partial charge is 0.270 e. The molecule has 5 nitrogen and oxygen atoms in total. The second-order valence-corrected chi connectivity index (χ2v) is 6.77. The number of hydrogen-bond donors (Lipinski definition) is 1. The van der Waals surface area contributed by atoms with Gasteiger partial charge in [0.2, 0.25) is 0 Å². The van der Waals surface area contributed by atoms with E-state index in [1.807, 2.05) is 6.07 Å². The molecule has 2 aliphatic rings. The van der Waals surface area contributed by atoms with Crippen LogP contribution in [-0.4, -0.2) is 30.6 Å². The van der Waals surface area contributed by atoms with Gasteiger partial charge < -0.3 is 10.2 Å². The van der Waals surface area contributed by atoms with Crippen LogP contribution in [0.4, 0.5) is 11.4 Å². The molecule has 1 N–H and O–H groups in total. The van der Waals surface area contributed by atoms with E-state index in [9.17, 15) is 10.1 Å². The molecule has 3 rings (SSSR count). The van der Waals surface area contributed by atoms with Crippen molar-refractivity contribution in [3.8, 4) is 0 Å². The summed E-state index contributed by atoms with van der Waals surface area (Å²) >= 11 is 2.22. The highest BCUT2D eigenvalue weighted by molar-refractivity contribution is 14.1. The van der Waals surface area contributed by atoms with Gasteiger partial charge in [0.25, 0.3) is 5.69 Å². The van der Waals surface area contributed by atoms with Crippen molar-refractivity contribution in [2.75, 3.05) is 24.5 Å². The molecule has 2 aliphatic heterocycles. The summed E-state index contributed by atoms with van der Waals surface area (Å²) in [4.78, 5) is 13.0. The minimum atomic E-state index is -0.327. The highest BCUT2D eigenvalue weighted by Gasteiger charge is 2.43. The van der Waals surface area contributed by atoms with Gasteiger partial charge >= 0.3 is 0 Å². The molecule has 0 aliphatic carbocycles. The number of benzene rings is 1. The highest BCUT2D eigenvalue weighted by Crippen LogP contribution is 2.39. The molecule has 108 valence electrons. The Bertz CT molecular complexity index is 537. The number of non-ortho nitro benzene ring substituents is 1. The second kappa shape index (κ2) is 5.48. The molecule has 2 fully saturated rings. The number of hydrogen-bond acceptors (Lipinski definition) is 4. The number of fused-ring (bicyclic) bond motifs is 1. The molecule has 20 heavy (non-hydrogen) atoms. The summed E-state index contributed by atoms with van der Waals surface area (Å²) in [6.45, 7) is 5.49. The molecule has 0 spiro atoms. The second-order valence-electron chi connectivity index (χ2n) is 5.60. The van der Waals surface area contributed by atoms with Crippen LogP contribution in [-0.2, 0) is 0 Å². The van der Waals surface area contributed by atoms with Crippen molar-refractivity contribution in [2.45, 2.75) is 19.4 Å². The van der Waals surface area contributed by atoms with Gasteiger partial charge in [-0.25, -0.2) is 0 Å². The van der Waals surface area contributed by atoms with E-state index < -0.39 is 0 Å². The Kier molecular flexibility index (Phi) is 3.85. The van der Waals surface area contributed by atoms with Crippen LogP contribution in [0, 0.1) is 25.5 Å². The van der Waals surface area contributed by atoms with Crippen LogP contribution in [0.3, 0.4) is 0 Å². The van der Waals surface area contributed by atoms with Crippen LogP contribution in [0.25, 0.3) is 0 Å². The van der Waals surface area contributed by atoms with E-state index in [0.717, 1.165) is 35.3 Å². The maximum Gasteiger partial charge on any atom is 0.270 e. The van der Waals surface area contributed by atoms with E-state index in [2.05, 4.69) is 39.7 Å². The highest BCUT2D eigenvalue weighted by atomic mass is 127. The maximum atomic E-state index is 10.8. The Hall–Kier alpha value is -0.890. The Morgan fingerprint density at radius 2 is 2.30 bits per heavy atom. The lowest BCUT2D eigenvalue weighted by Crippen LogP contribution is -2.35. The summed E-state index contributed by atoms with van der Waals surface area (Å²) in [6.07, 6.45) is 1.12. The van der Waals surface area contributed by atoms with Crippen molar-refractivity contribution in [1.29, 1.82) is 0 Å². The SMILES string of the molecule is CCC1C2CNCC2CN1c1ccc([N+](=O)[O-])cc1I. The largest absolute Gasteiger partial charge is 0.367 e. The molecule has 1 aromatic rings. The summed E-state index contributed by atoms with van der Waals surface area (Å²) in [6, 6.07) is 5.76. The summed E-state index contributed by atoms with van der Waals surface area (Å²) in [5.41, 5.74) is 1.32. The van der Waals surface area contributed by atoms with Crippen molar-refractivity contribution in [1.82, 2.24) is 5.32 Å². The van der Waals surface area contributed by atoms with E-state index in [1.54, 1.807) is 12.1 Å². The Morgan fingerprint density at radius 1 is 1.50 bits per heavy atom. The van der Waals surface area contributed by atoms with Gasteiger partial charge in [0.05, 0.1) is 10.6 Å². The predicted octanol–water partition coefficient (Wildman–Crippen LogP) is 2.63. The number of nitrogens with zero attached hydrogens (tertiary/aromatic N) is 2. The Balaban J connectivity index is 1.91. The lowest BCUT2D eigenvalue weighted by molar-refractivity contribution is -0.384. The molecule has 6 heteroatoms. The fraction of sp³-hybridized carbons (Fsp3) is 0.571. The molecular weight excluding hydrogens is 369 g/mol. The van der Waals surface area contributed by atoms with E-state index in [4.69, 9.17) is 0 Å². The molecule has 0 amide bonds. The van der Waals surface area contributed by atoms with Gasteiger partial charge in [-0.05, 0) is 46.9 Å². The first-order valence-corrected chi connectivity index (χ1v) is 8.11. The summed E-state index contributed by atoms with van der Waals surface area (Å²) < 4.78 is 0.975. The van der Waals surface area contributed by atoms with Crippen molar-refractivity contribution in [2.24, 2.45) is 11.8 Å². The van der Waals surface area contributed by atoms with Crippen LogP contribution in [0.15, 0.2) is 18.2 Å². The molecule has 2 heterocycles. The number of nitro benzene ring substituents is 1. The monoisotopic (exact) mass is 387 g/mol. The average Bonchev–Trinajstić information content (AvgIpc) is 2.98. The van der Waals surface area contributed by atoms with Gasteiger partial charge in [-0.1, -0.05) is 6.92 Å². The minimum absolute atomic E-state index is 0.173. The van der Waals surface area contributed by atoms with Gasteiger partial charge in [0.15, 0.2) is 0 Å². The van der Waals surface area contributed by atoms with E-state index >= 15 is 0 Å². The number of nitro groups is 1. The van der Waals surface area contributed by atoms with Crippen molar-refractivity contribution in [3.63, 3.8) is 0 Å². The zero-order valence-corrected chi connectivity index (χ0v) is 13.5. The number of rotatable bonds is 3. The summed E-state index contributed by atoms with van der Waals surface area (Å²) in [7, 11) is 0. The molecule has 1 aromatic carbocycles. The van der Waals surface area contributed by atoms with Gasteiger partial charge in [-0.3, -0.25) is 10.1 Å². The first kappa shape index (κ1) is 14.1. The number of nitrogens with one attached hydrogen (secondary N) is 1. The first-order valence-electron chi connectivity index (χ1n) is 7.03. The summed E-state index contributed by atoms with van der Waals surface area (Å²) in [5.74, 6) is 1.43. The van der Waals surface area contributed by atoms with Crippen LogP contribution in [0.2, 0.25) is 0 Å². The average molecular weight is 387 g/mol. The summed E-state index contributed by atoms with van der Waals surface area (Å²) in [5, 5.41) is 14.3. The third-order valence-electron chi connectivity index (χ3n) is 4.59. The Labute approximate surface area is 132 Å². The van der Waals surface area contributed by atoms with Gasteiger partial charge in [0, 0.05) is 41.4 Å². The topological polar surface area (TPSA) is 58.4 Å². The standard InChI is InChI=1S/C14H18IN3O2/c1-2-13-11-7-16-6-9(11)8-17(13)14-4-3-10(18(19)20)5-12(14)15/h3-5,9,11,13,16H,2,6-8H2,1H3. The first-order chi connectivity index (χ1) is 9.61. The van der Waals surface area contributed by atoms with Crippen molar-refractivity contribution >= 4 is 34.0 Å². The number of halogens is 1. The zero-order valence-electron chi connectivity index (χ0n) is 11.4.